The van der Waals surface area contributed by atoms with Gasteiger partial charge in [0.05, 0.1) is 23.8 Å². The third-order valence-corrected chi connectivity index (χ3v) is 7.45. The van der Waals surface area contributed by atoms with E-state index >= 15 is 0 Å². The second-order valence-electron chi connectivity index (χ2n) is 9.84. The normalized spacial score (nSPS) is 20.7. The molecular formula is C24H28ClN5O2S. The van der Waals surface area contributed by atoms with Gasteiger partial charge in [-0.05, 0) is 70.2 Å². The van der Waals surface area contributed by atoms with Crippen LogP contribution in [0.3, 0.4) is 0 Å². The van der Waals surface area contributed by atoms with Gasteiger partial charge in [0, 0.05) is 28.4 Å². The van der Waals surface area contributed by atoms with Crippen LogP contribution in [0.1, 0.15) is 80.5 Å². The van der Waals surface area contributed by atoms with Crippen LogP contribution in [0, 0.1) is 0 Å². The number of thiazole rings is 1. The maximum absolute atomic E-state index is 12.9. The fourth-order valence-corrected chi connectivity index (χ4v) is 5.79. The van der Waals surface area contributed by atoms with Crippen molar-refractivity contribution in [1.29, 1.82) is 0 Å². The highest BCUT2D eigenvalue weighted by Gasteiger charge is 2.33. The molecule has 0 saturated heterocycles. The van der Waals surface area contributed by atoms with E-state index < -0.39 is 5.60 Å². The molecule has 174 valence electrons. The zero-order valence-corrected chi connectivity index (χ0v) is 20.7. The molecule has 2 aliphatic rings. The standard InChI is InChI=1S/C24H28ClN5O2S/c1-24(2,3)32-23(31)29-13-17-12-18(25)8-9-19(17)30-20(14-29)27-28-21(30)15-4-6-16(7-5-15)22-26-10-11-33-22/h8-12,15-16H,4-7,13-14H2,1-3H3/t15-,16-. The lowest BCUT2D eigenvalue weighted by Crippen LogP contribution is -2.35. The second-order valence-corrected chi connectivity index (χ2v) is 11.2. The van der Waals surface area contributed by atoms with Crippen LogP contribution in [-0.4, -0.2) is 36.3 Å². The Morgan fingerprint density at radius 2 is 1.88 bits per heavy atom. The van der Waals surface area contributed by atoms with E-state index in [2.05, 4.69) is 25.1 Å². The summed E-state index contributed by atoms with van der Waals surface area (Å²) in [7, 11) is 0. The van der Waals surface area contributed by atoms with Crippen molar-refractivity contribution in [3.63, 3.8) is 0 Å². The van der Waals surface area contributed by atoms with Crippen molar-refractivity contribution in [2.45, 2.75) is 77.0 Å². The molecule has 0 bridgehead atoms. The lowest BCUT2D eigenvalue weighted by atomic mass is 9.82. The fourth-order valence-electron chi connectivity index (χ4n) is 4.78. The van der Waals surface area contributed by atoms with Gasteiger partial charge in [0.25, 0.3) is 0 Å². The average Bonchev–Trinajstić information content (AvgIpc) is 3.40. The molecule has 1 aliphatic carbocycles. The fraction of sp³-hybridized carbons (Fsp3) is 0.500. The zero-order valence-electron chi connectivity index (χ0n) is 19.1. The molecule has 0 N–H and O–H groups in total. The molecule has 0 unspecified atom stereocenters. The van der Waals surface area contributed by atoms with Crippen LogP contribution in [-0.2, 0) is 17.8 Å². The first-order valence-electron chi connectivity index (χ1n) is 11.4. The van der Waals surface area contributed by atoms with E-state index in [-0.39, 0.29) is 6.09 Å². The van der Waals surface area contributed by atoms with E-state index in [0.717, 1.165) is 48.6 Å². The number of ether oxygens (including phenoxy) is 1. The van der Waals surface area contributed by atoms with Crippen molar-refractivity contribution in [1.82, 2.24) is 24.6 Å². The van der Waals surface area contributed by atoms with Crippen LogP contribution in [0.15, 0.2) is 29.8 Å². The van der Waals surface area contributed by atoms with Crippen molar-refractivity contribution in [3.05, 3.63) is 57.0 Å². The number of aromatic nitrogens is 4. The second kappa shape index (κ2) is 8.72. The summed E-state index contributed by atoms with van der Waals surface area (Å²) in [5, 5.41) is 13.1. The first-order valence-corrected chi connectivity index (χ1v) is 12.6. The first-order chi connectivity index (χ1) is 15.8. The Balaban J connectivity index is 1.46. The van der Waals surface area contributed by atoms with Gasteiger partial charge in [-0.3, -0.25) is 9.47 Å². The molecule has 0 radical (unpaired) electrons. The lowest BCUT2D eigenvalue weighted by Gasteiger charge is -2.27. The number of hydrogen-bond acceptors (Lipinski definition) is 6. The van der Waals surface area contributed by atoms with Gasteiger partial charge in [-0.2, -0.15) is 0 Å². The van der Waals surface area contributed by atoms with Crippen molar-refractivity contribution in [3.8, 4) is 5.69 Å². The Morgan fingerprint density at radius 1 is 1.12 bits per heavy atom. The number of halogens is 1. The van der Waals surface area contributed by atoms with E-state index in [1.54, 1.807) is 16.2 Å². The van der Waals surface area contributed by atoms with Crippen LogP contribution in [0.2, 0.25) is 5.02 Å². The third-order valence-electron chi connectivity index (χ3n) is 6.28. The van der Waals surface area contributed by atoms with Gasteiger partial charge in [-0.15, -0.1) is 21.5 Å². The lowest BCUT2D eigenvalue weighted by molar-refractivity contribution is 0.0214. The number of benzene rings is 1. The number of carbonyl (C=O) groups excluding carboxylic acids is 1. The Kier molecular flexibility index (Phi) is 5.91. The number of amides is 1. The van der Waals surface area contributed by atoms with Crippen molar-refractivity contribution in [2.24, 2.45) is 0 Å². The summed E-state index contributed by atoms with van der Waals surface area (Å²) < 4.78 is 7.80. The van der Waals surface area contributed by atoms with E-state index in [0.29, 0.717) is 29.9 Å². The van der Waals surface area contributed by atoms with Crippen LogP contribution in [0.25, 0.3) is 5.69 Å². The molecular weight excluding hydrogens is 458 g/mol. The minimum Gasteiger partial charge on any atom is -0.444 e. The van der Waals surface area contributed by atoms with Gasteiger partial charge in [-0.25, -0.2) is 9.78 Å². The number of rotatable bonds is 2. The number of hydrogen-bond donors (Lipinski definition) is 0. The highest BCUT2D eigenvalue weighted by atomic mass is 35.5. The Bertz CT molecular complexity index is 1150. The van der Waals surface area contributed by atoms with Crippen LogP contribution < -0.4 is 0 Å². The maximum atomic E-state index is 12.9. The van der Waals surface area contributed by atoms with Gasteiger partial charge in [0.1, 0.15) is 11.4 Å². The smallest absolute Gasteiger partial charge is 0.411 e. The van der Waals surface area contributed by atoms with Crippen LogP contribution in [0.4, 0.5) is 4.79 Å². The molecule has 33 heavy (non-hydrogen) atoms. The molecule has 1 aromatic carbocycles. The minimum absolute atomic E-state index is 0.319. The van der Waals surface area contributed by atoms with E-state index in [9.17, 15) is 4.79 Å². The van der Waals surface area contributed by atoms with Crippen molar-refractivity contribution >= 4 is 29.0 Å². The average molecular weight is 486 g/mol. The molecule has 3 aromatic rings. The first kappa shape index (κ1) is 22.3. The maximum Gasteiger partial charge on any atom is 0.411 e. The highest BCUT2D eigenvalue weighted by molar-refractivity contribution is 7.09. The number of fused-ring (bicyclic) bond motifs is 3. The molecule has 1 amide bonds. The SMILES string of the molecule is CC(C)(C)OC(=O)N1Cc2cc(Cl)ccc2-n2c(nnc2[C@H]2CC[C@H](c3nccs3)CC2)C1. The van der Waals surface area contributed by atoms with E-state index in [1.807, 2.05) is 45.2 Å². The predicted molar refractivity (Wildman–Crippen MR) is 128 cm³/mol. The van der Waals surface area contributed by atoms with Gasteiger partial charge < -0.3 is 4.74 Å². The molecule has 1 saturated carbocycles. The summed E-state index contributed by atoms with van der Waals surface area (Å²) in [6.45, 7) is 6.36. The topological polar surface area (TPSA) is 73.1 Å². The largest absolute Gasteiger partial charge is 0.444 e. The third kappa shape index (κ3) is 4.64. The summed E-state index contributed by atoms with van der Waals surface area (Å²) in [5.74, 6) is 2.57. The van der Waals surface area contributed by atoms with Gasteiger partial charge in [0.15, 0.2) is 5.82 Å². The quantitative estimate of drug-likeness (QED) is 0.440. The Hall–Kier alpha value is -2.45. The summed E-state index contributed by atoms with van der Waals surface area (Å²) >= 11 is 8.08. The summed E-state index contributed by atoms with van der Waals surface area (Å²) in [5.41, 5.74) is 1.38. The van der Waals surface area contributed by atoms with Gasteiger partial charge in [-0.1, -0.05) is 11.6 Å². The molecule has 0 atom stereocenters. The van der Waals surface area contributed by atoms with E-state index in [4.69, 9.17) is 16.3 Å². The molecule has 9 heteroatoms. The monoisotopic (exact) mass is 485 g/mol. The van der Waals surface area contributed by atoms with Crippen molar-refractivity contribution < 1.29 is 9.53 Å². The van der Waals surface area contributed by atoms with Crippen LogP contribution in [0.5, 0.6) is 0 Å². The highest BCUT2D eigenvalue weighted by Crippen LogP contribution is 2.42. The molecule has 3 heterocycles. The summed E-state index contributed by atoms with van der Waals surface area (Å²) in [6, 6.07) is 5.82. The number of carbonyl (C=O) groups is 1. The van der Waals surface area contributed by atoms with Gasteiger partial charge in [0.2, 0.25) is 0 Å². The molecule has 0 spiro atoms. The minimum atomic E-state index is -0.574. The Morgan fingerprint density at radius 3 is 2.58 bits per heavy atom. The van der Waals surface area contributed by atoms with E-state index in [1.165, 1.54) is 5.01 Å². The molecule has 5 rings (SSSR count). The Labute approximate surface area is 202 Å². The molecule has 1 fully saturated rings. The predicted octanol–water partition coefficient (Wildman–Crippen LogP) is 6.07. The summed E-state index contributed by atoms with van der Waals surface area (Å²) in [4.78, 5) is 19.1. The van der Waals surface area contributed by atoms with Gasteiger partial charge >= 0.3 is 6.09 Å². The molecule has 2 aromatic heterocycles. The van der Waals surface area contributed by atoms with Crippen LogP contribution >= 0.6 is 22.9 Å². The summed E-state index contributed by atoms with van der Waals surface area (Å²) in [6.07, 6.45) is 5.80. The zero-order chi connectivity index (χ0) is 23.2. The number of nitrogens with zero attached hydrogens (tertiary/aromatic N) is 5. The molecule has 1 aliphatic heterocycles. The van der Waals surface area contributed by atoms with Crippen molar-refractivity contribution in [2.75, 3.05) is 0 Å². The molecule has 7 nitrogen and oxygen atoms in total.